The summed E-state index contributed by atoms with van der Waals surface area (Å²) in [4.78, 5) is 16.1. The number of piperazine rings is 1. The van der Waals surface area contributed by atoms with Gasteiger partial charge in [0.25, 0.3) is 0 Å². The Hall–Kier alpha value is -1.66. The average Bonchev–Trinajstić information content (AvgIpc) is 2.80. The molecule has 3 heterocycles. The van der Waals surface area contributed by atoms with E-state index in [2.05, 4.69) is 27.0 Å². The highest BCUT2D eigenvalue weighted by Gasteiger charge is 2.14. The predicted octanol–water partition coefficient (Wildman–Crippen LogP) is -0.187. The number of nitrogens with one attached hydrogen (secondary N) is 1. The molecular formula is C13H19N5O. The second-order valence-corrected chi connectivity index (χ2v) is 5.15. The Morgan fingerprint density at radius 3 is 2.89 bits per heavy atom. The number of nitrogens with zero attached hydrogens (tertiary/aromatic N) is 4. The molecule has 0 aromatic carbocycles. The standard InChI is InChI=1S/C13H19N5O/c1-16-6-8-17(9-7-16)4-3-12-14-15-13-10-11(19)2-5-18(12)13/h2,5,10,15H,3-4,6-9H2,1H3. The molecule has 0 atom stereocenters. The van der Waals surface area contributed by atoms with Crippen LogP contribution in [0, 0.1) is 0 Å². The van der Waals surface area contributed by atoms with Crippen molar-refractivity contribution in [3.05, 3.63) is 34.4 Å². The second-order valence-electron chi connectivity index (χ2n) is 5.15. The summed E-state index contributed by atoms with van der Waals surface area (Å²) < 4.78 is 1.96. The zero-order valence-corrected chi connectivity index (χ0v) is 11.2. The Balaban J connectivity index is 1.67. The Labute approximate surface area is 111 Å². The van der Waals surface area contributed by atoms with Gasteiger partial charge in [-0.2, -0.15) is 5.10 Å². The Kier molecular flexibility index (Phi) is 3.35. The molecule has 1 aliphatic heterocycles. The molecule has 2 aromatic rings. The van der Waals surface area contributed by atoms with Crippen molar-refractivity contribution in [1.29, 1.82) is 0 Å². The normalized spacial score (nSPS) is 18.2. The van der Waals surface area contributed by atoms with Crippen LogP contribution >= 0.6 is 0 Å². The van der Waals surface area contributed by atoms with E-state index in [1.807, 2.05) is 4.40 Å². The number of hydrogen-bond acceptors (Lipinski definition) is 4. The van der Waals surface area contributed by atoms with Crippen LogP contribution in [0.4, 0.5) is 0 Å². The van der Waals surface area contributed by atoms with Gasteiger partial charge in [-0.15, -0.1) is 0 Å². The van der Waals surface area contributed by atoms with E-state index in [4.69, 9.17) is 0 Å². The lowest BCUT2D eigenvalue weighted by molar-refractivity contribution is 0.155. The lowest BCUT2D eigenvalue weighted by Crippen LogP contribution is -2.45. The zero-order chi connectivity index (χ0) is 13.2. The van der Waals surface area contributed by atoms with Crippen LogP contribution in [0.25, 0.3) is 5.65 Å². The number of likely N-dealkylation sites (N-methyl/N-ethyl adjacent to an activating group) is 1. The first kappa shape index (κ1) is 12.4. The Bertz CT molecular complexity index is 609. The summed E-state index contributed by atoms with van der Waals surface area (Å²) in [5.41, 5.74) is 0.773. The fourth-order valence-electron chi connectivity index (χ4n) is 2.47. The van der Waals surface area contributed by atoms with Crippen molar-refractivity contribution in [3.8, 4) is 0 Å². The summed E-state index contributed by atoms with van der Waals surface area (Å²) in [6, 6.07) is 3.15. The van der Waals surface area contributed by atoms with Gasteiger partial charge in [0.2, 0.25) is 0 Å². The maximum atomic E-state index is 11.3. The number of pyridine rings is 1. The first-order chi connectivity index (χ1) is 9.22. The molecule has 6 heteroatoms. The Morgan fingerprint density at radius 1 is 1.32 bits per heavy atom. The molecule has 1 N–H and O–H groups in total. The zero-order valence-electron chi connectivity index (χ0n) is 11.2. The summed E-state index contributed by atoms with van der Waals surface area (Å²) in [6.07, 6.45) is 2.69. The van der Waals surface area contributed by atoms with Gasteiger partial charge >= 0.3 is 0 Å². The minimum absolute atomic E-state index is 0.00858. The SMILES string of the molecule is CN1CCN(CCc2n[nH]c3cc(=O)ccn23)CC1. The third-order valence-electron chi connectivity index (χ3n) is 3.75. The van der Waals surface area contributed by atoms with Crippen LogP contribution in [0.5, 0.6) is 0 Å². The number of aromatic nitrogens is 3. The molecule has 0 aliphatic carbocycles. The highest BCUT2D eigenvalue weighted by atomic mass is 16.1. The van der Waals surface area contributed by atoms with Crippen molar-refractivity contribution >= 4 is 5.65 Å². The quantitative estimate of drug-likeness (QED) is 0.832. The van der Waals surface area contributed by atoms with E-state index in [0.717, 1.165) is 50.6 Å². The highest BCUT2D eigenvalue weighted by Crippen LogP contribution is 2.04. The van der Waals surface area contributed by atoms with E-state index in [1.54, 1.807) is 18.3 Å². The number of aromatic amines is 1. The third kappa shape index (κ3) is 2.69. The van der Waals surface area contributed by atoms with Gasteiger partial charge in [0.15, 0.2) is 5.43 Å². The van der Waals surface area contributed by atoms with Gasteiger partial charge in [-0.25, -0.2) is 0 Å². The molecule has 0 amide bonds. The largest absolute Gasteiger partial charge is 0.304 e. The highest BCUT2D eigenvalue weighted by molar-refractivity contribution is 5.37. The molecule has 6 nitrogen and oxygen atoms in total. The van der Waals surface area contributed by atoms with E-state index in [9.17, 15) is 4.79 Å². The van der Waals surface area contributed by atoms with Crippen LogP contribution < -0.4 is 5.43 Å². The molecule has 1 aliphatic rings. The molecule has 2 aromatic heterocycles. The van der Waals surface area contributed by atoms with E-state index in [1.165, 1.54) is 0 Å². The van der Waals surface area contributed by atoms with Gasteiger partial charge in [0.1, 0.15) is 11.5 Å². The van der Waals surface area contributed by atoms with E-state index in [-0.39, 0.29) is 5.43 Å². The molecule has 0 spiro atoms. The van der Waals surface area contributed by atoms with Gasteiger partial charge in [-0.3, -0.25) is 14.3 Å². The molecule has 3 rings (SSSR count). The number of H-pyrrole nitrogens is 1. The van der Waals surface area contributed by atoms with Crippen LogP contribution in [0.1, 0.15) is 5.82 Å². The maximum Gasteiger partial charge on any atom is 0.183 e. The minimum Gasteiger partial charge on any atom is -0.304 e. The second kappa shape index (κ2) is 5.14. The summed E-state index contributed by atoms with van der Waals surface area (Å²) in [5.74, 6) is 0.980. The van der Waals surface area contributed by atoms with Crippen molar-refractivity contribution < 1.29 is 0 Å². The van der Waals surface area contributed by atoms with Crippen LogP contribution in [0.15, 0.2) is 23.1 Å². The summed E-state index contributed by atoms with van der Waals surface area (Å²) in [7, 11) is 2.16. The summed E-state index contributed by atoms with van der Waals surface area (Å²) in [5, 5.41) is 7.21. The molecule has 0 saturated carbocycles. The van der Waals surface area contributed by atoms with Crippen molar-refractivity contribution in [2.75, 3.05) is 39.8 Å². The molecule has 102 valence electrons. The number of hydrogen-bond donors (Lipinski definition) is 1. The van der Waals surface area contributed by atoms with Gasteiger partial charge < -0.3 is 9.80 Å². The lowest BCUT2D eigenvalue weighted by Gasteiger charge is -2.32. The van der Waals surface area contributed by atoms with Crippen LogP contribution in [0.2, 0.25) is 0 Å². The van der Waals surface area contributed by atoms with Gasteiger partial charge in [0, 0.05) is 57.5 Å². The molecule has 1 fully saturated rings. The fourth-order valence-corrected chi connectivity index (χ4v) is 2.47. The van der Waals surface area contributed by atoms with Crippen LogP contribution in [-0.4, -0.2) is 64.2 Å². The summed E-state index contributed by atoms with van der Waals surface area (Å²) in [6.45, 7) is 5.52. The Morgan fingerprint density at radius 2 is 2.11 bits per heavy atom. The molecule has 0 unspecified atom stereocenters. The topological polar surface area (TPSA) is 56.6 Å². The van der Waals surface area contributed by atoms with E-state index in [0.29, 0.717) is 0 Å². The van der Waals surface area contributed by atoms with E-state index >= 15 is 0 Å². The summed E-state index contributed by atoms with van der Waals surface area (Å²) >= 11 is 0. The van der Waals surface area contributed by atoms with Gasteiger partial charge in [-0.05, 0) is 7.05 Å². The molecule has 0 bridgehead atoms. The first-order valence-corrected chi connectivity index (χ1v) is 6.69. The molecular weight excluding hydrogens is 242 g/mol. The number of fused-ring (bicyclic) bond motifs is 1. The maximum absolute atomic E-state index is 11.3. The van der Waals surface area contributed by atoms with E-state index < -0.39 is 0 Å². The molecule has 19 heavy (non-hydrogen) atoms. The monoisotopic (exact) mass is 261 g/mol. The fraction of sp³-hybridized carbons (Fsp3) is 0.538. The average molecular weight is 261 g/mol. The van der Waals surface area contributed by atoms with Crippen molar-refractivity contribution in [1.82, 2.24) is 24.4 Å². The third-order valence-corrected chi connectivity index (χ3v) is 3.75. The first-order valence-electron chi connectivity index (χ1n) is 6.69. The smallest absolute Gasteiger partial charge is 0.183 e. The molecule has 0 radical (unpaired) electrons. The van der Waals surface area contributed by atoms with Crippen molar-refractivity contribution in [2.24, 2.45) is 0 Å². The van der Waals surface area contributed by atoms with Gasteiger partial charge in [-0.1, -0.05) is 0 Å². The lowest BCUT2D eigenvalue weighted by atomic mass is 10.3. The predicted molar refractivity (Wildman–Crippen MR) is 73.5 cm³/mol. The van der Waals surface area contributed by atoms with Crippen LogP contribution in [0.3, 0.4) is 0 Å². The van der Waals surface area contributed by atoms with Crippen LogP contribution in [-0.2, 0) is 6.42 Å². The van der Waals surface area contributed by atoms with Crippen molar-refractivity contribution in [3.63, 3.8) is 0 Å². The van der Waals surface area contributed by atoms with Crippen molar-refractivity contribution in [2.45, 2.75) is 6.42 Å². The number of rotatable bonds is 3. The molecule has 1 saturated heterocycles. The minimum atomic E-state index is 0.00858. The van der Waals surface area contributed by atoms with Gasteiger partial charge in [0.05, 0.1) is 0 Å².